The Labute approximate surface area is 127 Å². The van der Waals surface area contributed by atoms with Crippen LogP contribution in [0.1, 0.15) is 20.8 Å². The van der Waals surface area contributed by atoms with Gasteiger partial charge in [-0.15, -0.1) is 0 Å². The van der Waals surface area contributed by atoms with Gasteiger partial charge in [0.25, 0.3) is 10.2 Å². The molecule has 0 bridgehead atoms. The van der Waals surface area contributed by atoms with Crippen LogP contribution in [0.2, 0.25) is 5.02 Å². The van der Waals surface area contributed by atoms with E-state index in [1.807, 2.05) is 0 Å². The molecular formula is C13H14Cl3NO2. The Morgan fingerprint density at radius 3 is 2.11 bits per heavy atom. The predicted molar refractivity (Wildman–Crippen MR) is 79.0 cm³/mol. The van der Waals surface area contributed by atoms with E-state index in [-0.39, 0.29) is 0 Å². The first-order chi connectivity index (χ1) is 8.56. The molecule has 1 amide bonds. The highest BCUT2D eigenvalue weighted by molar-refractivity contribution is 6.69. The van der Waals surface area contributed by atoms with Crippen molar-refractivity contribution in [3.05, 3.63) is 29.3 Å². The molecule has 0 spiro atoms. The summed E-state index contributed by atoms with van der Waals surface area (Å²) in [5.41, 5.74) is -0.483. The van der Waals surface area contributed by atoms with Crippen molar-refractivity contribution in [3.8, 4) is 0 Å². The van der Waals surface area contributed by atoms with E-state index in [4.69, 9.17) is 34.8 Å². The van der Waals surface area contributed by atoms with E-state index in [1.165, 1.54) is 0 Å². The minimum Gasteiger partial charge on any atom is -0.322 e. The van der Waals surface area contributed by atoms with E-state index in [1.54, 1.807) is 45.0 Å². The Morgan fingerprint density at radius 1 is 1.11 bits per heavy atom. The van der Waals surface area contributed by atoms with Crippen molar-refractivity contribution in [1.82, 2.24) is 0 Å². The molecule has 0 aliphatic carbocycles. The van der Waals surface area contributed by atoms with E-state index in [0.717, 1.165) is 0 Å². The first-order valence-electron chi connectivity index (χ1n) is 5.55. The Balaban J connectivity index is 2.95. The number of nitrogens with one attached hydrogen (secondary N) is 1. The number of benzene rings is 1. The van der Waals surface area contributed by atoms with Crippen molar-refractivity contribution in [3.63, 3.8) is 0 Å². The van der Waals surface area contributed by atoms with Crippen molar-refractivity contribution in [2.24, 2.45) is 5.41 Å². The topological polar surface area (TPSA) is 46.2 Å². The molecule has 0 saturated heterocycles. The van der Waals surface area contributed by atoms with E-state index in [0.29, 0.717) is 10.7 Å². The van der Waals surface area contributed by atoms with Crippen molar-refractivity contribution >= 4 is 52.2 Å². The molecule has 1 aromatic rings. The number of para-hydroxylation sites is 1. The average Bonchev–Trinajstić information content (AvgIpc) is 2.29. The molecule has 0 aliphatic rings. The van der Waals surface area contributed by atoms with Gasteiger partial charge in [0.05, 0.1) is 10.7 Å². The molecule has 0 aromatic heterocycles. The van der Waals surface area contributed by atoms with Gasteiger partial charge in [0, 0.05) is 5.41 Å². The van der Waals surface area contributed by atoms with Crippen LogP contribution in [0.5, 0.6) is 0 Å². The second-order valence-corrected chi connectivity index (χ2v) is 6.82. The van der Waals surface area contributed by atoms with Crippen molar-refractivity contribution in [2.45, 2.75) is 25.1 Å². The Hall–Kier alpha value is -0.770. The minimum atomic E-state index is -2.16. The van der Waals surface area contributed by atoms with Crippen molar-refractivity contribution in [2.75, 3.05) is 5.32 Å². The molecule has 104 valence electrons. The zero-order chi connectivity index (χ0) is 14.8. The summed E-state index contributed by atoms with van der Waals surface area (Å²) in [6, 6.07) is 6.60. The standard InChI is InChI=1S/C13H14Cl3NO2/c1-12(2,3)10(18)13(15,16)11(19)17-9-7-5-4-6-8(9)14/h4-7H,1-3H3,(H,17,19). The first kappa shape index (κ1) is 16.3. The smallest absolute Gasteiger partial charge is 0.268 e. The number of Topliss-reactive ketones (excluding diaryl/α,β-unsaturated/α-hetero) is 1. The Kier molecular flexibility index (Phi) is 4.88. The largest absolute Gasteiger partial charge is 0.322 e. The number of alkyl halides is 2. The van der Waals surface area contributed by atoms with Crippen LogP contribution in [0, 0.1) is 5.41 Å². The van der Waals surface area contributed by atoms with E-state index >= 15 is 0 Å². The molecule has 1 N–H and O–H groups in total. The molecule has 1 rings (SSSR count). The lowest BCUT2D eigenvalue weighted by Gasteiger charge is -2.25. The number of halogens is 3. The maximum Gasteiger partial charge on any atom is 0.268 e. The number of hydrogen-bond donors (Lipinski definition) is 1. The van der Waals surface area contributed by atoms with Crippen molar-refractivity contribution in [1.29, 1.82) is 0 Å². The van der Waals surface area contributed by atoms with Gasteiger partial charge >= 0.3 is 0 Å². The fraction of sp³-hybridized carbons (Fsp3) is 0.385. The van der Waals surface area contributed by atoms with Gasteiger partial charge in [0.2, 0.25) is 0 Å². The minimum absolute atomic E-state index is 0.336. The maximum atomic E-state index is 12.0. The summed E-state index contributed by atoms with van der Waals surface area (Å²) in [4.78, 5) is 24.1. The number of anilines is 1. The maximum absolute atomic E-state index is 12.0. The first-order valence-corrected chi connectivity index (χ1v) is 6.69. The van der Waals surface area contributed by atoms with Crippen LogP contribution < -0.4 is 5.32 Å². The van der Waals surface area contributed by atoms with Gasteiger partial charge in [-0.2, -0.15) is 0 Å². The number of carbonyl (C=O) groups is 2. The molecular weight excluding hydrogens is 309 g/mol. The summed E-state index contributed by atoms with van der Waals surface area (Å²) in [6.45, 7) is 4.91. The number of ketones is 1. The van der Waals surface area contributed by atoms with Gasteiger partial charge in [0.1, 0.15) is 0 Å². The molecule has 0 atom stereocenters. The van der Waals surface area contributed by atoms with Crippen LogP contribution in [-0.4, -0.2) is 16.0 Å². The molecule has 0 saturated carbocycles. The zero-order valence-corrected chi connectivity index (χ0v) is 13.0. The summed E-state index contributed by atoms with van der Waals surface area (Å²) in [5.74, 6) is -1.39. The van der Waals surface area contributed by atoms with Gasteiger partial charge in [-0.25, -0.2) is 0 Å². The normalized spacial score (nSPS) is 12.1. The molecule has 0 radical (unpaired) electrons. The fourth-order valence-electron chi connectivity index (χ4n) is 1.34. The van der Waals surface area contributed by atoms with Crippen molar-refractivity contribution < 1.29 is 9.59 Å². The van der Waals surface area contributed by atoms with E-state index in [2.05, 4.69) is 5.32 Å². The van der Waals surface area contributed by atoms with Crippen LogP contribution in [0.3, 0.4) is 0 Å². The summed E-state index contributed by atoms with van der Waals surface area (Å²) in [5, 5.41) is 2.78. The predicted octanol–water partition coefficient (Wildman–Crippen LogP) is 4.07. The Morgan fingerprint density at radius 2 is 1.63 bits per heavy atom. The highest BCUT2D eigenvalue weighted by atomic mass is 35.5. The molecule has 0 aliphatic heterocycles. The zero-order valence-electron chi connectivity index (χ0n) is 10.8. The number of amides is 1. The molecule has 6 heteroatoms. The summed E-state index contributed by atoms with van der Waals surface area (Å²) < 4.78 is -2.16. The van der Waals surface area contributed by atoms with E-state index in [9.17, 15) is 9.59 Å². The van der Waals surface area contributed by atoms with Gasteiger partial charge in [-0.1, -0.05) is 67.7 Å². The number of hydrogen-bond acceptors (Lipinski definition) is 2. The van der Waals surface area contributed by atoms with Crippen LogP contribution in [0.15, 0.2) is 24.3 Å². The SMILES string of the molecule is CC(C)(C)C(=O)C(Cl)(Cl)C(=O)Nc1ccccc1Cl. The summed E-state index contributed by atoms with van der Waals surface area (Å²) in [7, 11) is 0. The fourth-order valence-corrected chi connectivity index (χ4v) is 2.18. The third kappa shape index (κ3) is 3.85. The third-order valence-corrected chi connectivity index (χ3v) is 3.39. The highest BCUT2D eigenvalue weighted by Crippen LogP contribution is 2.33. The lowest BCUT2D eigenvalue weighted by molar-refractivity contribution is -0.131. The van der Waals surface area contributed by atoms with Gasteiger partial charge in [-0.05, 0) is 12.1 Å². The van der Waals surface area contributed by atoms with Crippen LogP contribution >= 0.6 is 34.8 Å². The quantitative estimate of drug-likeness (QED) is 0.673. The molecule has 0 heterocycles. The third-order valence-electron chi connectivity index (χ3n) is 2.37. The second-order valence-electron chi connectivity index (χ2n) is 5.09. The monoisotopic (exact) mass is 321 g/mol. The second kappa shape index (κ2) is 5.70. The van der Waals surface area contributed by atoms with Crippen LogP contribution in [-0.2, 0) is 9.59 Å². The Bertz CT molecular complexity index is 507. The molecule has 19 heavy (non-hydrogen) atoms. The molecule has 3 nitrogen and oxygen atoms in total. The van der Waals surface area contributed by atoms with Crippen LogP contribution in [0.25, 0.3) is 0 Å². The van der Waals surface area contributed by atoms with Gasteiger partial charge in [-0.3, -0.25) is 9.59 Å². The summed E-state index contributed by atoms with van der Waals surface area (Å²) in [6.07, 6.45) is 0. The number of carbonyl (C=O) groups excluding carboxylic acids is 2. The lowest BCUT2D eigenvalue weighted by atomic mass is 9.88. The highest BCUT2D eigenvalue weighted by Gasteiger charge is 2.47. The van der Waals surface area contributed by atoms with Gasteiger partial charge < -0.3 is 5.32 Å². The van der Waals surface area contributed by atoms with E-state index < -0.39 is 21.4 Å². The average molecular weight is 323 g/mol. The number of rotatable bonds is 3. The van der Waals surface area contributed by atoms with Crippen LogP contribution in [0.4, 0.5) is 5.69 Å². The van der Waals surface area contributed by atoms with Gasteiger partial charge in [0.15, 0.2) is 5.78 Å². The molecule has 0 fully saturated rings. The lowest BCUT2D eigenvalue weighted by Crippen LogP contribution is -2.45. The summed E-state index contributed by atoms with van der Waals surface area (Å²) >= 11 is 17.7. The molecule has 0 unspecified atom stereocenters. The molecule has 1 aromatic carbocycles.